The van der Waals surface area contributed by atoms with E-state index in [4.69, 9.17) is 9.84 Å². The number of hydrogen-bond acceptors (Lipinski definition) is 4. The Kier molecular flexibility index (Phi) is 6.56. The number of methoxy groups -OCH3 is 1. The van der Waals surface area contributed by atoms with Gasteiger partial charge in [0.1, 0.15) is 5.75 Å². The van der Waals surface area contributed by atoms with Crippen molar-refractivity contribution in [3.05, 3.63) is 42.5 Å². The van der Waals surface area contributed by atoms with Crippen LogP contribution in [0, 0.1) is 11.8 Å². The van der Waals surface area contributed by atoms with Crippen LogP contribution in [0.25, 0.3) is 0 Å². The summed E-state index contributed by atoms with van der Waals surface area (Å²) < 4.78 is 5.15. The molecule has 0 unspecified atom stereocenters. The van der Waals surface area contributed by atoms with Gasteiger partial charge in [-0.2, -0.15) is 0 Å². The molecular weight excluding hydrogens is 244 g/mol. The zero-order chi connectivity index (χ0) is 14.3. The molecule has 0 spiro atoms. The molecule has 4 heteroatoms. The molecule has 0 aliphatic heterocycles. The summed E-state index contributed by atoms with van der Waals surface area (Å²) in [6, 6.07) is 7.57. The molecule has 1 aromatic carbocycles. The summed E-state index contributed by atoms with van der Waals surface area (Å²) in [6.45, 7) is 3.25. The molecule has 0 aliphatic rings. The highest BCUT2D eigenvalue weighted by molar-refractivity contribution is 5.28. The van der Waals surface area contributed by atoms with Gasteiger partial charge in [0.25, 0.3) is 0 Å². The van der Waals surface area contributed by atoms with E-state index < -0.39 is 6.10 Å². The molecule has 0 amide bonds. The Balaban J connectivity index is 2.82. The predicted octanol–water partition coefficient (Wildman–Crippen LogP) is 1.00. The second-order valence-corrected chi connectivity index (χ2v) is 4.56. The molecule has 1 rings (SSSR count). The van der Waals surface area contributed by atoms with Gasteiger partial charge in [0.15, 0.2) is 0 Å². The lowest BCUT2D eigenvalue weighted by molar-refractivity contribution is 0.0290. The lowest BCUT2D eigenvalue weighted by atomic mass is 9.84. The maximum atomic E-state index is 9.74. The summed E-state index contributed by atoms with van der Waals surface area (Å²) in [4.78, 5) is 0. The average Bonchev–Trinajstić information content (AvgIpc) is 2.46. The maximum absolute atomic E-state index is 9.74. The van der Waals surface area contributed by atoms with E-state index in [0.717, 1.165) is 11.3 Å². The van der Waals surface area contributed by atoms with Crippen molar-refractivity contribution >= 4 is 0 Å². The van der Waals surface area contributed by atoms with Gasteiger partial charge in [0.05, 0.1) is 19.8 Å². The van der Waals surface area contributed by atoms with E-state index in [1.54, 1.807) is 13.2 Å². The van der Waals surface area contributed by atoms with Crippen molar-refractivity contribution in [2.75, 3.05) is 20.3 Å². The third kappa shape index (κ3) is 4.35. The van der Waals surface area contributed by atoms with Gasteiger partial charge in [0, 0.05) is 12.5 Å². The van der Waals surface area contributed by atoms with Gasteiger partial charge >= 0.3 is 0 Å². The lowest BCUT2D eigenvalue weighted by Crippen LogP contribution is -2.32. The maximum Gasteiger partial charge on any atom is 0.119 e. The molecule has 0 bridgehead atoms. The van der Waals surface area contributed by atoms with Gasteiger partial charge in [-0.05, 0) is 30.0 Å². The van der Waals surface area contributed by atoms with E-state index in [1.165, 1.54) is 0 Å². The Morgan fingerprint density at radius 3 is 2.58 bits per heavy atom. The van der Waals surface area contributed by atoms with E-state index >= 15 is 0 Å². The molecule has 0 aliphatic carbocycles. The molecule has 0 aromatic heterocycles. The standard InChI is InChI=1S/C15H22O4/c1-3-14(15(18)10-17)12(9-16)7-11-5-4-6-13(8-11)19-2/h3-6,8,12,14-18H,1,7,9-10H2,2H3/t12-,14+,15+/m0/s1. The number of ether oxygens (including phenoxy) is 1. The summed E-state index contributed by atoms with van der Waals surface area (Å²) in [7, 11) is 1.60. The Bertz CT molecular complexity index is 391. The molecule has 0 radical (unpaired) electrons. The minimum Gasteiger partial charge on any atom is -0.497 e. The van der Waals surface area contributed by atoms with Gasteiger partial charge < -0.3 is 20.1 Å². The van der Waals surface area contributed by atoms with Crippen LogP contribution in [0.15, 0.2) is 36.9 Å². The van der Waals surface area contributed by atoms with Crippen molar-refractivity contribution in [2.24, 2.45) is 11.8 Å². The van der Waals surface area contributed by atoms with E-state index in [-0.39, 0.29) is 25.0 Å². The minimum atomic E-state index is -0.903. The monoisotopic (exact) mass is 266 g/mol. The molecule has 0 fully saturated rings. The van der Waals surface area contributed by atoms with Crippen LogP contribution in [-0.2, 0) is 6.42 Å². The van der Waals surface area contributed by atoms with Crippen LogP contribution in [-0.4, -0.2) is 41.7 Å². The van der Waals surface area contributed by atoms with Crippen LogP contribution in [0.3, 0.4) is 0 Å². The van der Waals surface area contributed by atoms with Crippen LogP contribution in [0.2, 0.25) is 0 Å². The van der Waals surface area contributed by atoms with Crippen molar-refractivity contribution in [1.82, 2.24) is 0 Å². The number of aliphatic hydroxyl groups is 3. The highest BCUT2D eigenvalue weighted by Gasteiger charge is 2.25. The summed E-state index contributed by atoms with van der Waals surface area (Å²) >= 11 is 0. The van der Waals surface area contributed by atoms with E-state index in [2.05, 4.69) is 6.58 Å². The minimum absolute atomic E-state index is 0.0784. The quantitative estimate of drug-likeness (QED) is 0.614. The normalized spacial score (nSPS) is 15.6. The summed E-state index contributed by atoms with van der Waals surface area (Å²) in [5.74, 6) is 0.222. The number of rotatable bonds is 8. The topological polar surface area (TPSA) is 69.9 Å². The summed E-state index contributed by atoms with van der Waals surface area (Å²) in [5.41, 5.74) is 1.01. The number of aliphatic hydroxyl groups excluding tert-OH is 3. The van der Waals surface area contributed by atoms with Crippen molar-refractivity contribution in [2.45, 2.75) is 12.5 Å². The second-order valence-electron chi connectivity index (χ2n) is 4.56. The van der Waals surface area contributed by atoms with Crippen molar-refractivity contribution in [3.8, 4) is 5.75 Å². The van der Waals surface area contributed by atoms with Gasteiger partial charge in [-0.25, -0.2) is 0 Å². The molecule has 0 saturated heterocycles. The first-order chi connectivity index (χ1) is 9.15. The summed E-state index contributed by atoms with van der Waals surface area (Å²) in [5, 5.41) is 28.3. The van der Waals surface area contributed by atoms with Crippen molar-refractivity contribution < 1.29 is 20.1 Å². The highest BCUT2D eigenvalue weighted by atomic mass is 16.5. The first-order valence-corrected chi connectivity index (χ1v) is 6.31. The zero-order valence-corrected chi connectivity index (χ0v) is 11.2. The van der Waals surface area contributed by atoms with E-state index in [1.807, 2.05) is 24.3 Å². The van der Waals surface area contributed by atoms with Crippen LogP contribution >= 0.6 is 0 Å². The predicted molar refractivity (Wildman–Crippen MR) is 74.1 cm³/mol. The Morgan fingerprint density at radius 2 is 2.05 bits per heavy atom. The van der Waals surface area contributed by atoms with Crippen LogP contribution < -0.4 is 4.74 Å². The smallest absolute Gasteiger partial charge is 0.119 e. The van der Waals surface area contributed by atoms with Gasteiger partial charge in [0.2, 0.25) is 0 Å². The third-order valence-electron chi connectivity index (χ3n) is 3.31. The Morgan fingerprint density at radius 1 is 1.32 bits per heavy atom. The Labute approximate surface area is 114 Å². The van der Waals surface area contributed by atoms with Crippen LogP contribution in [0.1, 0.15) is 5.56 Å². The molecule has 0 heterocycles. The molecule has 4 nitrogen and oxygen atoms in total. The first kappa shape index (κ1) is 15.7. The molecule has 1 aromatic rings. The fourth-order valence-corrected chi connectivity index (χ4v) is 2.21. The molecule has 3 N–H and O–H groups in total. The summed E-state index contributed by atoms with van der Waals surface area (Å²) in [6.07, 6.45) is 1.27. The molecule has 0 saturated carbocycles. The van der Waals surface area contributed by atoms with Gasteiger partial charge in [-0.3, -0.25) is 0 Å². The second kappa shape index (κ2) is 7.94. The number of benzene rings is 1. The molecule has 19 heavy (non-hydrogen) atoms. The van der Waals surface area contributed by atoms with E-state index in [0.29, 0.717) is 6.42 Å². The first-order valence-electron chi connectivity index (χ1n) is 6.31. The largest absolute Gasteiger partial charge is 0.497 e. The fraction of sp³-hybridized carbons (Fsp3) is 0.467. The SMILES string of the molecule is C=C[C@H]([C@H](CO)Cc1cccc(OC)c1)[C@H](O)CO. The molecule has 3 atom stereocenters. The average molecular weight is 266 g/mol. The van der Waals surface area contributed by atoms with E-state index in [9.17, 15) is 10.2 Å². The van der Waals surface area contributed by atoms with Crippen LogP contribution in [0.4, 0.5) is 0 Å². The molecular formula is C15H22O4. The Hall–Kier alpha value is -1.36. The lowest BCUT2D eigenvalue weighted by Gasteiger charge is -2.26. The highest BCUT2D eigenvalue weighted by Crippen LogP contribution is 2.23. The molecule has 106 valence electrons. The van der Waals surface area contributed by atoms with Gasteiger partial charge in [-0.1, -0.05) is 18.2 Å². The van der Waals surface area contributed by atoms with Crippen molar-refractivity contribution in [3.63, 3.8) is 0 Å². The number of hydrogen-bond donors (Lipinski definition) is 3. The van der Waals surface area contributed by atoms with Crippen LogP contribution in [0.5, 0.6) is 5.75 Å². The van der Waals surface area contributed by atoms with Crippen molar-refractivity contribution in [1.29, 1.82) is 0 Å². The zero-order valence-electron chi connectivity index (χ0n) is 11.2. The van der Waals surface area contributed by atoms with Gasteiger partial charge in [-0.15, -0.1) is 6.58 Å². The third-order valence-corrected chi connectivity index (χ3v) is 3.31. The fourth-order valence-electron chi connectivity index (χ4n) is 2.21.